The summed E-state index contributed by atoms with van der Waals surface area (Å²) in [6.07, 6.45) is 3.36. The number of aliphatic hydroxyl groups excluding tert-OH is 1. The van der Waals surface area contributed by atoms with Crippen LogP contribution >= 0.6 is 0 Å². The van der Waals surface area contributed by atoms with Crippen LogP contribution in [0.4, 0.5) is 5.82 Å². The zero-order valence-corrected chi connectivity index (χ0v) is 9.54. The van der Waals surface area contributed by atoms with Crippen LogP contribution in [-0.4, -0.2) is 40.9 Å². The van der Waals surface area contributed by atoms with Crippen molar-refractivity contribution in [3.8, 4) is 0 Å². The van der Waals surface area contributed by atoms with E-state index in [1.807, 2.05) is 4.90 Å². The maximum absolute atomic E-state index is 11.1. The molecule has 5 nitrogen and oxygen atoms in total. The highest BCUT2D eigenvalue weighted by Crippen LogP contribution is 2.26. The Balaban J connectivity index is 2.16. The number of pyridine rings is 1. The van der Waals surface area contributed by atoms with Gasteiger partial charge in [0.2, 0.25) is 0 Å². The topological polar surface area (TPSA) is 73.7 Å². The molecule has 1 aliphatic heterocycles. The van der Waals surface area contributed by atoms with Gasteiger partial charge in [0.15, 0.2) is 0 Å². The fraction of sp³-hybridized carbons (Fsp3) is 0.500. The number of carboxylic acid groups (broad SMARTS) is 1. The maximum Gasteiger partial charge on any atom is 0.339 e. The fourth-order valence-electron chi connectivity index (χ4n) is 2.26. The molecule has 1 aromatic rings. The first-order valence-corrected chi connectivity index (χ1v) is 5.76. The summed E-state index contributed by atoms with van der Waals surface area (Å²) in [5, 5.41) is 18.0. The third-order valence-electron chi connectivity index (χ3n) is 3.14. The van der Waals surface area contributed by atoms with Gasteiger partial charge in [-0.05, 0) is 30.9 Å². The van der Waals surface area contributed by atoms with Crippen molar-refractivity contribution in [3.63, 3.8) is 0 Å². The first-order chi connectivity index (χ1) is 8.22. The molecule has 1 unspecified atom stereocenters. The molecule has 1 aromatic heterocycles. The number of carboxylic acids is 1. The minimum absolute atomic E-state index is 0.187. The molecule has 0 amide bonds. The average molecular weight is 236 g/mol. The number of carbonyl (C=O) groups is 1. The lowest BCUT2D eigenvalue weighted by Crippen LogP contribution is -2.23. The van der Waals surface area contributed by atoms with Crippen LogP contribution < -0.4 is 4.90 Å². The molecule has 0 aromatic carbocycles. The third kappa shape index (κ3) is 2.55. The zero-order valence-electron chi connectivity index (χ0n) is 9.54. The average Bonchev–Trinajstić information content (AvgIpc) is 2.78. The van der Waals surface area contributed by atoms with Gasteiger partial charge < -0.3 is 15.1 Å². The summed E-state index contributed by atoms with van der Waals surface area (Å²) in [6, 6.07) is 3.21. The van der Waals surface area contributed by atoms with Gasteiger partial charge in [-0.15, -0.1) is 0 Å². The number of nitrogens with zero attached hydrogens (tertiary/aromatic N) is 2. The van der Waals surface area contributed by atoms with Crippen LogP contribution in [0.5, 0.6) is 0 Å². The summed E-state index contributed by atoms with van der Waals surface area (Å²) in [5.74, 6) is 0.0304. The van der Waals surface area contributed by atoms with Crippen molar-refractivity contribution in [2.45, 2.75) is 12.8 Å². The lowest BCUT2D eigenvalue weighted by molar-refractivity contribution is 0.0697. The van der Waals surface area contributed by atoms with Gasteiger partial charge in [-0.3, -0.25) is 0 Å². The van der Waals surface area contributed by atoms with Crippen LogP contribution in [0.3, 0.4) is 0 Å². The van der Waals surface area contributed by atoms with Gasteiger partial charge in [0.05, 0.1) is 0 Å². The molecule has 5 heteroatoms. The molecule has 2 heterocycles. The summed E-state index contributed by atoms with van der Waals surface area (Å²) < 4.78 is 0. The second-order valence-corrected chi connectivity index (χ2v) is 4.29. The molecule has 1 aliphatic rings. The van der Waals surface area contributed by atoms with Crippen LogP contribution in [0.2, 0.25) is 0 Å². The molecular formula is C12H16N2O3. The van der Waals surface area contributed by atoms with E-state index in [1.54, 1.807) is 18.3 Å². The number of hydrogen-bond donors (Lipinski definition) is 2. The minimum Gasteiger partial charge on any atom is -0.478 e. The molecule has 2 N–H and O–H groups in total. The molecule has 92 valence electrons. The second-order valence-electron chi connectivity index (χ2n) is 4.29. The summed E-state index contributed by atoms with van der Waals surface area (Å²) >= 11 is 0. The van der Waals surface area contributed by atoms with E-state index in [4.69, 9.17) is 10.2 Å². The van der Waals surface area contributed by atoms with Crippen molar-refractivity contribution in [2.24, 2.45) is 5.92 Å². The van der Waals surface area contributed by atoms with E-state index >= 15 is 0 Å². The molecule has 1 atom stereocenters. The van der Waals surface area contributed by atoms with Gasteiger partial charge in [-0.2, -0.15) is 0 Å². The van der Waals surface area contributed by atoms with Crippen LogP contribution in [0.25, 0.3) is 0 Å². The highest BCUT2D eigenvalue weighted by molar-refractivity contribution is 5.93. The van der Waals surface area contributed by atoms with Crippen molar-refractivity contribution in [3.05, 3.63) is 23.9 Å². The molecule has 1 fully saturated rings. The van der Waals surface area contributed by atoms with Crippen LogP contribution in [0, 0.1) is 5.92 Å². The van der Waals surface area contributed by atoms with E-state index in [0.717, 1.165) is 25.9 Å². The van der Waals surface area contributed by atoms with E-state index in [1.165, 1.54) is 0 Å². The summed E-state index contributed by atoms with van der Waals surface area (Å²) in [4.78, 5) is 17.2. The minimum atomic E-state index is -0.946. The number of aromatic nitrogens is 1. The lowest BCUT2D eigenvalue weighted by atomic mass is 10.1. The van der Waals surface area contributed by atoms with Crippen molar-refractivity contribution in [1.82, 2.24) is 4.98 Å². The second kappa shape index (κ2) is 5.14. The Bertz CT molecular complexity index is 408. The molecule has 0 radical (unpaired) electrons. The number of aromatic carboxylic acids is 1. The molecule has 0 saturated carbocycles. The Morgan fingerprint density at radius 2 is 2.41 bits per heavy atom. The highest BCUT2D eigenvalue weighted by Gasteiger charge is 2.25. The molecule has 0 aliphatic carbocycles. The van der Waals surface area contributed by atoms with Gasteiger partial charge in [0.25, 0.3) is 0 Å². The fourth-order valence-corrected chi connectivity index (χ4v) is 2.26. The first kappa shape index (κ1) is 11.9. The van der Waals surface area contributed by atoms with E-state index in [2.05, 4.69) is 4.98 Å². The predicted octanol–water partition coefficient (Wildman–Crippen LogP) is 0.988. The quantitative estimate of drug-likeness (QED) is 0.815. The van der Waals surface area contributed by atoms with Crippen LogP contribution in [0.1, 0.15) is 23.2 Å². The Kier molecular flexibility index (Phi) is 3.58. The number of anilines is 1. The Labute approximate surface area is 99.7 Å². The van der Waals surface area contributed by atoms with E-state index in [-0.39, 0.29) is 12.2 Å². The van der Waals surface area contributed by atoms with Gasteiger partial charge in [0, 0.05) is 25.9 Å². The van der Waals surface area contributed by atoms with Gasteiger partial charge in [-0.1, -0.05) is 0 Å². The van der Waals surface area contributed by atoms with Crippen LogP contribution in [-0.2, 0) is 0 Å². The largest absolute Gasteiger partial charge is 0.478 e. The van der Waals surface area contributed by atoms with Crippen LogP contribution in [0.15, 0.2) is 18.3 Å². The zero-order chi connectivity index (χ0) is 12.3. The number of rotatable bonds is 4. The monoisotopic (exact) mass is 236 g/mol. The van der Waals surface area contributed by atoms with Crippen molar-refractivity contribution in [2.75, 3.05) is 24.6 Å². The number of aliphatic hydroxyl groups is 1. The lowest BCUT2D eigenvalue weighted by Gasteiger charge is -2.19. The Morgan fingerprint density at radius 1 is 1.59 bits per heavy atom. The predicted molar refractivity (Wildman–Crippen MR) is 63.2 cm³/mol. The molecule has 0 spiro atoms. The van der Waals surface area contributed by atoms with Gasteiger partial charge in [-0.25, -0.2) is 9.78 Å². The first-order valence-electron chi connectivity index (χ1n) is 5.76. The smallest absolute Gasteiger partial charge is 0.339 e. The van der Waals surface area contributed by atoms with Crippen molar-refractivity contribution >= 4 is 11.8 Å². The van der Waals surface area contributed by atoms with Crippen molar-refractivity contribution < 1.29 is 15.0 Å². The maximum atomic E-state index is 11.1. The van der Waals surface area contributed by atoms with E-state index in [9.17, 15) is 4.79 Å². The normalized spacial score (nSPS) is 19.6. The SMILES string of the molecule is O=C(O)c1cccnc1N1CCC(CCO)C1. The standard InChI is InChI=1S/C12H16N2O3/c15-7-4-9-3-6-14(8-9)11-10(12(16)17)2-1-5-13-11/h1-2,5,9,15H,3-4,6-8H2,(H,16,17). The number of hydrogen-bond acceptors (Lipinski definition) is 4. The van der Waals surface area contributed by atoms with Gasteiger partial charge >= 0.3 is 5.97 Å². The Morgan fingerprint density at radius 3 is 3.12 bits per heavy atom. The Hall–Kier alpha value is -1.62. The third-order valence-corrected chi connectivity index (χ3v) is 3.14. The summed E-state index contributed by atoms with van der Waals surface area (Å²) in [5.41, 5.74) is 0.247. The van der Waals surface area contributed by atoms with Crippen molar-refractivity contribution in [1.29, 1.82) is 0 Å². The molecule has 2 rings (SSSR count). The molecular weight excluding hydrogens is 220 g/mol. The summed E-state index contributed by atoms with van der Waals surface area (Å²) in [6.45, 7) is 1.77. The van der Waals surface area contributed by atoms with Gasteiger partial charge in [0.1, 0.15) is 11.4 Å². The molecule has 1 saturated heterocycles. The summed E-state index contributed by atoms with van der Waals surface area (Å²) in [7, 11) is 0. The van der Waals surface area contributed by atoms with E-state index in [0.29, 0.717) is 11.7 Å². The molecule has 0 bridgehead atoms. The highest BCUT2D eigenvalue weighted by atomic mass is 16.4. The van der Waals surface area contributed by atoms with E-state index < -0.39 is 5.97 Å². The molecule has 17 heavy (non-hydrogen) atoms.